The van der Waals surface area contributed by atoms with Crippen molar-refractivity contribution >= 4 is 45.5 Å². The summed E-state index contributed by atoms with van der Waals surface area (Å²) >= 11 is 9.56. The predicted octanol–water partition coefficient (Wildman–Crippen LogP) is 4.55. The van der Waals surface area contributed by atoms with Gasteiger partial charge in [0.15, 0.2) is 17.5 Å². The van der Waals surface area contributed by atoms with Gasteiger partial charge in [-0.15, -0.1) is 0 Å². The largest absolute Gasteiger partial charge is 0.491 e. The summed E-state index contributed by atoms with van der Waals surface area (Å²) in [5, 5.41) is 3.01. The first-order valence-electron chi connectivity index (χ1n) is 8.71. The summed E-state index contributed by atoms with van der Waals surface area (Å²) in [6.07, 6.45) is 2.88. The fourth-order valence-corrected chi connectivity index (χ4v) is 3.12. The van der Waals surface area contributed by atoms with Crippen molar-refractivity contribution in [3.05, 3.63) is 63.1 Å². The molecule has 0 radical (unpaired) electrons. The van der Waals surface area contributed by atoms with Crippen molar-refractivity contribution in [3.63, 3.8) is 0 Å². The van der Waals surface area contributed by atoms with Crippen LogP contribution in [0.2, 0.25) is 5.02 Å². The number of ether oxygens (including phenoxy) is 3. The van der Waals surface area contributed by atoms with Gasteiger partial charge in [-0.1, -0.05) is 39.7 Å². The van der Waals surface area contributed by atoms with Crippen molar-refractivity contribution in [2.45, 2.75) is 13.0 Å². The zero-order valence-corrected chi connectivity index (χ0v) is 18.5. The molecule has 0 aromatic heterocycles. The Bertz CT molecular complexity index is 899. The lowest BCUT2D eigenvalue weighted by atomic mass is 10.1. The van der Waals surface area contributed by atoms with Gasteiger partial charge in [-0.2, -0.15) is 0 Å². The van der Waals surface area contributed by atoms with Crippen LogP contribution in [0.25, 0.3) is 6.08 Å². The van der Waals surface area contributed by atoms with E-state index in [2.05, 4.69) is 21.2 Å². The fourth-order valence-electron chi connectivity index (χ4n) is 2.56. The molecule has 0 spiro atoms. The maximum Gasteiger partial charge on any atom is 0.333 e. The lowest BCUT2D eigenvalue weighted by molar-refractivity contribution is -0.144. The number of methoxy groups -OCH3 is 2. The first kappa shape index (κ1) is 22.8. The minimum absolute atomic E-state index is 0.362. The molecular weight excluding hydrogens is 462 g/mol. The number of hydrogen-bond acceptors (Lipinski definition) is 5. The molecule has 0 saturated carbocycles. The quantitative estimate of drug-likeness (QED) is 0.441. The second kappa shape index (κ2) is 10.9. The van der Waals surface area contributed by atoms with Gasteiger partial charge in [0.2, 0.25) is 5.91 Å². The molecule has 0 fully saturated rings. The molecule has 0 aliphatic rings. The van der Waals surface area contributed by atoms with Gasteiger partial charge in [0.1, 0.15) is 0 Å². The molecule has 0 bridgehead atoms. The second-order valence-corrected chi connectivity index (χ2v) is 7.14. The van der Waals surface area contributed by atoms with E-state index in [1.165, 1.54) is 20.3 Å². The van der Waals surface area contributed by atoms with Crippen LogP contribution in [0.3, 0.4) is 0 Å². The average molecular weight is 483 g/mol. The summed E-state index contributed by atoms with van der Waals surface area (Å²) in [4.78, 5) is 24.5. The molecule has 1 N–H and O–H groups in total. The first-order valence-corrected chi connectivity index (χ1v) is 9.88. The van der Waals surface area contributed by atoms with E-state index in [9.17, 15) is 9.59 Å². The Balaban J connectivity index is 2.20. The van der Waals surface area contributed by atoms with Gasteiger partial charge in [-0.05, 0) is 48.4 Å². The Hall–Kier alpha value is -2.51. The Labute approximate surface area is 182 Å². The molecule has 154 valence electrons. The number of amides is 1. The first-order chi connectivity index (χ1) is 13.9. The van der Waals surface area contributed by atoms with E-state index < -0.39 is 17.9 Å². The number of carbonyl (C=O) groups excluding carboxylic acids is 2. The molecule has 0 aliphatic carbocycles. The smallest absolute Gasteiger partial charge is 0.333 e. The number of carbonyl (C=O) groups is 2. The minimum atomic E-state index is -0.927. The molecule has 2 rings (SSSR count). The molecule has 0 saturated heterocycles. The summed E-state index contributed by atoms with van der Waals surface area (Å²) in [6, 6.07) is 9.46. The summed E-state index contributed by atoms with van der Waals surface area (Å²) in [5.74, 6) is -0.130. The third kappa shape index (κ3) is 6.24. The third-order valence-corrected chi connectivity index (χ3v) is 4.70. The van der Waals surface area contributed by atoms with E-state index in [1.807, 2.05) is 6.92 Å². The highest BCUT2D eigenvalue weighted by Gasteiger charge is 2.22. The molecule has 1 unspecified atom stereocenters. The molecule has 6 nitrogen and oxygen atoms in total. The number of hydrogen-bond donors (Lipinski definition) is 1. The van der Waals surface area contributed by atoms with Crippen LogP contribution in [0.1, 0.15) is 24.1 Å². The van der Waals surface area contributed by atoms with Crippen LogP contribution in [0.15, 0.2) is 46.9 Å². The van der Waals surface area contributed by atoms with E-state index >= 15 is 0 Å². The molecular formula is C21H21BrClNO5. The molecule has 1 atom stereocenters. The Morgan fingerprint density at radius 3 is 2.48 bits per heavy atom. The minimum Gasteiger partial charge on any atom is -0.491 e. The summed E-state index contributed by atoms with van der Waals surface area (Å²) in [7, 11) is 2.77. The molecule has 0 aliphatic heterocycles. The van der Waals surface area contributed by atoms with Crippen molar-refractivity contribution in [1.82, 2.24) is 5.32 Å². The molecule has 0 heterocycles. The topological polar surface area (TPSA) is 73.9 Å². The lowest BCUT2D eigenvalue weighted by Gasteiger charge is -2.16. The van der Waals surface area contributed by atoms with Crippen LogP contribution in [-0.4, -0.2) is 32.7 Å². The molecule has 1 amide bonds. The highest BCUT2D eigenvalue weighted by molar-refractivity contribution is 9.10. The zero-order valence-electron chi connectivity index (χ0n) is 16.2. The summed E-state index contributed by atoms with van der Waals surface area (Å²) in [6.45, 7) is 2.28. The number of nitrogens with one attached hydrogen (secondary N) is 1. The maximum absolute atomic E-state index is 12.4. The second-order valence-electron chi connectivity index (χ2n) is 5.82. The van der Waals surface area contributed by atoms with Crippen molar-refractivity contribution in [2.75, 3.05) is 20.8 Å². The van der Waals surface area contributed by atoms with Crippen LogP contribution >= 0.6 is 27.5 Å². The summed E-state index contributed by atoms with van der Waals surface area (Å²) in [5.41, 5.74) is 1.25. The van der Waals surface area contributed by atoms with Gasteiger partial charge in [0.25, 0.3) is 0 Å². The SMILES string of the molecule is CCOc1cc(/C=C/C(=O)NC(C(=O)OC)c2ccc(Br)cc2)cc(Cl)c1OC. The monoisotopic (exact) mass is 481 g/mol. The van der Waals surface area contributed by atoms with Gasteiger partial charge in [-0.3, -0.25) is 4.79 Å². The molecule has 29 heavy (non-hydrogen) atoms. The number of benzene rings is 2. The van der Waals surface area contributed by atoms with Gasteiger partial charge < -0.3 is 19.5 Å². The molecule has 8 heteroatoms. The number of esters is 1. The van der Waals surface area contributed by atoms with E-state index in [1.54, 1.807) is 42.5 Å². The van der Waals surface area contributed by atoms with E-state index in [-0.39, 0.29) is 0 Å². The van der Waals surface area contributed by atoms with Crippen molar-refractivity contribution in [2.24, 2.45) is 0 Å². The Morgan fingerprint density at radius 2 is 1.90 bits per heavy atom. The lowest BCUT2D eigenvalue weighted by Crippen LogP contribution is -2.33. The average Bonchev–Trinajstić information content (AvgIpc) is 2.71. The van der Waals surface area contributed by atoms with E-state index in [0.717, 1.165) is 4.47 Å². The van der Waals surface area contributed by atoms with Crippen molar-refractivity contribution in [1.29, 1.82) is 0 Å². The number of rotatable bonds is 8. The Morgan fingerprint density at radius 1 is 1.21 bits per heavy atom. The van der Waals surface area contributed by atoms with Crippen molar-refractivity contribution in [3.8, 4) is 11.5 Å². The van der Waals surface area contributed by atoms with Crippen LogP contribution < -0.4 is 14.8 Å². The Kier molecular flexibility index (Phi) is 8.54. The maximum atomic E-state index is 12.4. The van der Waals surface area contributed by atoms with Crippen LogP contribution in [0, 0.1) is 0 Å². The zero-order chi connectivity index (χ0) is 21.4. The van der Waals surface area contributed by atoms with Crippen LogP contribution in [0.4, 0.5) is 0 Å². The van der Waals surface area contributed by atoms with Gasteiger partial charge in [0, 0.05) is 10.5 Å². The summed E-state index contributed by atoms with van der Waals surface area (Å²) < 4.78 is 16.4. The third-order valence-electron chi connectivity index (χ3n) is 3.89. The van der Waals surface area contributed by atoms with E-state index in [4.69, 9.17) is 25.8 Å². The van der Waals surface area contributed by atoms with Gasteiger partial charge >= 0.3 is 5.97 Å². The van der Waals surface area contributed by atoms with Crippen LogP contribution in [0.5, 0.6) is 11.5 Å². The normalized spacial score (nSPS) is 11.8. The van der Waals surface area contributed by atoms with Gasteiger partial charge in [-0.25, -0.2) is 4.79 Å². The van der Waals surface area contributed by atoms with Gasteiger partial charge in [0.05, 0.1) is 25.8 Å². The van der Waals surface area contributed by atoms with Crippen LogP contribution in [-0.2, 0) is 14.3 Å². The standard InChI is InChI=1S/C21H21BrClNO5/c1-4-29-17-12-13(11-16(23)20(17)27-2)5-10-18(25)24-19(21(26)28-3)14-6-8-15(22)9-7-14/h5-12,19H,4H2,1-3H3,(H,24,25)/b10-5+. The highest BCUT2D eigenvalue weighted by Crippen LogP contribution is 2.36. The molecule has 2 aromatic carbocycles. The van der Waals surface area contributed by atoms with Crippen molar-refractivity contribution < 1.29 is 23.8 Å². The number of halogens is 2. The fraction of sp³-hybridized carbons (Fsp3) is 0.238. The van der Waals surface area contributed by atoms with E-state index in [0.29, 0.717) is 34.3 Å². The predicted molar refractivity (Wildman–Crippen MR) is 115 cm³/mol. The molecule has 2 aromatic rings. The highest BCUT2D eigenvalue weighted by atomic mass is 79.9.